The van der Waals surface area contributed by atoms with Gasteiger partial charge in [0.25, 0.3) is 0 Å². The van der Waals surface area contributed by atoms with E-state index in [4.69, 9.17) is 9.47 Å². The Morgan fingerprint density at radius 3 is 2.71 bits per heavy atom. The van der Waals surface area contributed by atoms with Gasteiger partial charge >= 0.3 is 5.97 Å². The number of carbonyl (C=O) groups is 1. The maximum Gasteiger partial charge on any atom is 0.341 e. The molecule has 0 aliphatic carbocycles. The molecule has 178 valence electrons. The molecule has 1 unspecified atom stereocenters. The van der Waals surface area contributed by atoms with Crippen molar-refractivity contribution in [2.75, 3.05) is 13.7 Å². The first kappa shape index (κ1) is 22.7. The Kier molecular flexibility index (Phi) is 6.76. The molecule has 0 N–H and O–H groups in total. The average molecular weight is 472 g/mol. The fourth-order valence-electron chi connectivity index (χ4n) is 3.95. The molecule has 35 heavy (non-hydrogen) atoms. The fourth-order valence-corrected chi connectivity index (χ4v) is 3.95. The number of carbonyl (C=O) groups excluding carboxylic acids is 1. The molecule has 3 aromatic heterocycles. The molecule has 9 nitrogen and oxygen atoms in total. The van der Waals surface area contributed by atoms with E-state index >= 15 is 0 Å². The monoisotopic (exact) mass is 471 g/mol. The van der Waals surface area contributed by atoms with Crippen LogP contribution in [0, 0.1) is 0 Å². The van der Waals surface area contributed by atoms with Crippen molar-refractivity contribution in [3.63, 3.8) is 0 Å². The number of esters is 1. The van der Waals surface area contributed by atoms with Crippen molar-refractivity contribution in [1.82, 2.24) is 24.7 Å². The summed E-state index contributed by atoms with van der Waals surface area (Å²) >= 11 is 0. The van der Waals surface area contributed by atoms with Crippen molar-refractivity contribution in [2.24, 2.45) is 0 Å². The van der Waals surface area contributed by atoms with Crippen LogP contribution in [0.2, 0.25) is 0 Å². The highest BCUT2D eigenvalue weighted by Crippen LogP contribution is 2.28. The zero-order valence-corrected chi connectivity index (χ0v) is 19.3. The van der Waals surface area contributed by atoms with Gasteiger partial charge in [0.05, 0.1) is 30.3 Å². The second-order valence-corrected chi connectivity index (χ2v) is 8.14. The molecular formula is C26H25N5O4. The zero-order valence-electron chi connectivity index (χ0n) is 19.3. The number of hydrogen-bond donors (Lipinski definition) is 0. The van der Waals surface area contributed by atoms with Crippen molar-refractivity contribution in [3.05, 3.63) is 78.4 Å². The summed E-state index contributed by atoms with van der Waals surface area (Å²) in [5.41, 5.74) is 3.84. The average Bonchev–Trinajstić information content (AvgIpc) is 3.43. The Bertz CT molecular complexity index is 1280. The fraction of sp³-hybridized carbons (Fsp3) is 0.269. The minimum atomic E-state index is -0.467. The zero-order chi connectivity index (χ0) is 24.0. The Morgan fingerprint density at radius 2 is 1.97 bits per heavy atom. The number of rotatable bonds is 7. The Hall–Kier alpha value is -4.11. The van der Waals surface area contributed by atoms with Gasteiger partial charge in [-0.05, 0) is 49.1 Å². The van der Waals surface area contributed by atoms with Gasteiger partial charge in [-0.15, -0.1) is 0 Å². The van der Waals surface area contributed by atoms with E-state index in [1.165, 1.54) is 19.5 Å². The quantitative estimate of drug-likeness (QED) is 0.364. The predicted molar refractivity (Wildman–Crippen MR) is 127 cm³/mol. The number of methoxy groups -OCH3 is 1. The molecule has 5 rings (SSSR count). The van der Waals surface area contributed by atoms with Crippen molar-refractivity contribution >= 4 is 5.97 Å². The lowest BCUT2D eigenvalue weighted by Crippen LogP contribution is -2.20. The SMILES string of the molecule is COC(=O)c1cnc(-c2cccc(COc3ccc(-c4ccnn4C4CCCCO4)nc3)c2)nc1. The second-order valence-electron chi connectivity index (χ2n) is 8.14. The topological polar surface area (TPSA) is 101 Å². The summed E-state index contributed by atoms with van der Waals surface area (Å²) in [7, 11) is 1.32. The highest BCUT2D eigenvalue weighted by atomic mass is 16.5. The van der Waals surface area contributed by atoms with Crippen LogP contribution in [0.1, 0.15) is 41.4 Å². The normalized spacial score (nSPS) is 15.5. The third-order valence-corrected chi connectivity index (χ3v) is 5.76. The summed E-state index contributed by atoms with van der Waals surface area (Å²) in [5, 5.41) is 4.45. The number of hydrogen-bond acceptors (Lipinski definition) is 8. The van der Waals surface area contributed by atoms with Gasteiger partial charge in [0.1, 0.15) is 12.4 Å². The van der Waals surface area contributed by atoms with E-state index < -0.39 is 5.97 Å². The summed E-state index contributed by atoms with van der Waals surface area (Å²) in [6.07, 6.45) is 9.54. The Labute approximate surface area is 202 Å². The van der Waals surface area contributed by atoms with Crippen LogP contribution in [0.15, 0.2) is 67.3 Å². The minimum absolute atomic E-state index is 0.0422. The number of ether oxygens (including phenoxy) is 3. The van der Waals surface area contributed by atoms with Gasteiger partial charge in [-0.2, -0.15) is 5.10 Å². The molecule has 1 aromatic carbocycles. The predicted octanol–water partition coefficient (Wildman–Crippen LogP) is 4.47. The molecule has 0 bridgehead atoms. The van der Waals surface area contributed by atoms with Gasteiger partial charge in [0.2, 0.25) is 0 Å². The number of pyridine rings is 1. The number of nitrogens with zero attached hydrogens (tertiary/aromatic N) is 5. The summed E-state index contributed by atoms with van der Waals surface area (Å²) in [6, 6.07) is 13.5. The van der Waals surface area contributed by atoms with E-state index in [1.807, 2.05) is 47.1 Å². The highest BCUT2D eigenvalue weighted by Gasteiger charge is 2.20. The van der Waals surface area contributed by atoms with Crippen LogP contribution >= 0.6 is 0 Å². The Morgan fingerprint density at radius 1 is 1.09 bits per heavy atom. The van der Waals surface area contributed by atoms with Crippen LogP contribution in [0.4, 0.5) is 0 Å². The molecule has 1 saturated heterocycles. The smallest absolute Gasteiger partial charge is 0.341 e. The minimum Gasteiger partial charge on any atom is -0.487 e. The summed E-state index contributed by atoms with van der Waals surface area (Å²) < 4.78 is 18.4. The van der Waals surface area contributed by atoms with Gasteiger partial charge < -0.3 is 14.2 Å². The van der Waals surface area contributed by atoms with Crippen LogP contribution in [0.25, 0.3) is 22.8 Å². The van der Waals surface area contributed by atoms with E-state index in [9.17, 15) is 4.79 Å². The summed E-state index contributed by atoms with van der Waals surface area (Å²) in [4.78, 5) is 24.7. The van der Waals surface area contributed by atoms with Crippen LogP contribution < -0.4 is 4.74 Å². The van der Waals surface area contributed by atoms with Crippen molar-refractivity contribution in [1.29, 1.82) is 0 Å². The second kappa shape index (κ2) is 10.4. The summed E-state index contributed by atoms with van der Waals surface area (Å²) in [6.45, 7) is 1.12. The maximum atomic E-state index is 11.6. The molecule has 0 radical (unpaired) electrons. The first-order valence-corrected chi connectivity index (χ1v) is 11.5. The van der Waals surface area contributed by atoms with Crippen molar-refractivity contribution in [2.45, 2.75) is 32.1 Å². The first-order valence-electron chi connectivity index (χ1n) is 11.5. The maximum absolute atomic E-state index is 11.6. The van der Waals surface area contributed by atoms with E-state index in [0.29, 0.717) is 23.7 Å². The molecule has 1 fully saturated rings. The van der Waals surface area contributed by atoms with Gasteiger partial charge in [0, 0.05) is 30.8 Å². The van der Waals surface area contributed by atoms with Gasteiger partial charge in [-0.3, -0.25) is 4.98 Å². The van der Waals surface area contributed by atoms with Gasteiger partial charge in [0.15, 0.2) is 12.1 Å². The molecule has 0 saturated carbocycles. The summed E-state index contributed by atoms with van der Waals surface area (Å²) in [5.74, 6) is 0.715. The third kappa shape index (κ3) is 5.20. The van der Waals surface area contributed by atoms with Gasteiger partial charge in [-0.1, -0.05) is 18.2 Å². The molecule has 0 amide bonds. The van der Waals surface area contributed by atoms with Crippen LogP contribution in [-0.2, 0) is 16.1 Å². The van der Waals surface area contributed by atoms with E-state index in [1.54, 1.807) is 12.4 Å². The van der Waals surface area contributed by atoms with E-state index in [2.05, 4.69) is 24.8 Å². The molecule has 0 spiro atoms. The van der Waals surface area contributed by atoms with Crippen molar-refractivity contribution < 1.29 is 19.0 Å². The van der Waals surface area contributed by atoms with E-state index in [-0.39, 0.29) is 6.23 Å². The van der Waals surface area contributed by atoms with Crippen LogP contribution in [0.5, 0.6) is 5.75 Å². The van der Waals surface area contributed by atoms with Gasteiger partial charge in [-0.25, -0.2) is 19.4 Å². The standard InChI is InChI=1S/C26H25N5O4/c1-33-26(32)20-14-28-25(29-15-20)19-6-4-5-18(13-19)17-35-21-8-9-22(27-16-21)23-10-11-30-31(23)24-7-2-3-12-34-24/h4-6,8-11,13-16,24H,2-3,7,12,17H2,1H3. The lowest BCUT2D eigenvalue weighted by Gasteiger charge is -2.24. The molecule has 1 atom stereocenters. The third-order valence-electron chi connectivity index (χ3n) is 5.76. The van der Waals surface area contributed by atoms with E-state index in [0.717, 1.165) is 48.4 Å². The molecule has 4 aromatic rings. The molecule has 1 aliphatic rings. The molecule has 1 aliphatic heterocycles. The molecule has 4 heterocycles. The van der Waals surface area contributed by atoms with Crippen LogP contribution in [-0.4, -0.2) is 44.4 Å². The van der Waals surface area contributed by atoms with Crippen LogP contribution in [0.3, 0.4) is 0 Å². The largest absolute Gasteiger partial charge is 0.487 e. The molecular weight excluding hydrogens is 446 g/mol. The number of aromatic nitrogens is 5. The highest BCUT2D eigenvalue weighted by molar-refractivity contribution is 5.88. The first-order chi connectivity index (χ1) is 17.2. The lowest BCUT2D eigenvalue weighted by molar-refractivity contribution is -0.0384. The van der Waals surface area contributed by atoms with Crippen molar-refractivity contribution in [3.8, 4) is 28.5 Å². The Balaban J connectivity index is 1.24. The molecule has 9 heteroatoms. The number of benzene rings is 1. The lowest BCUT2D eigenvalue weighted by atomic mass is 10.1.